The average molecular weight is 548 g/mol. The fraction of sp³-hybridized carbons (Fsp3) is 0.625. The molecule has 40 heavy (non-hydrogen) atoms. The van der Waals surface area contributed by atoms with Crippen LogP contribution in [0.4, 0.5) is 5.69 Å². The number of aryl methyl sites for hydroxylation is 1. The van der Waals surface area contributed by atoms with E-state index in [0.717, 1.165) is 31.2 Å². The molecule has 0 spiro atoms. The lowest BCUT2D eigenvalue weighted by Gasteiger charge is -2.42. The monoisotopic (exact) mass is 547 g/mol. The van der Waals surface area contributed by atoms with Gasteiger partial charge < -0.3 is 16.0 Å². The first-order valence-electron chi connectivity index (χ1n) is 15.0. The van der Waals surface area contributed by atoms with Crippen LogP contribution in [0.5, 0.6) is 0 Å². The summed E-state index contributed by atoms with van der Waals surface area (Å²) < 4.78 is 1.53. The number of nitrogens with zero attached hydrogens (tertiary/aromatic N) is 2. The second-order valence-corrected chi connectivity index (χ2v) is 13.3. The van der Waals surface area contributed by atoms with Gasteiger partial charge in [0, 0.05) is 25.0 Å². The predicted molar refractivity (Wildman–Crippen MR) is 156 cm³/mol. The zero-order valence-corrected chi connectivity index (χ0v) is 24.6. The van der Waals surface area contributed by atoms with Crippen molar-refractivity contribution in [2.45, 2.75) is 96.6 Å². The molecular weight excluding hydrogens is 502 g/mol. The summed E-state index contributed by atoms with van der Waals surface area (Å²) in [6.07, 6.45) is 10.7. The maximum absolute atomic E-state index is 13.9. The number of hydrogen-bond donors (Lipinski definition) is 3. The highest BCUT2D eigenvalue weighted by molar-refractivity contribution is 6.01. The molecule has 216 valence electrons. The molecule has 8 heteroatoms. The number of carbonyl (C=O) groups excluding carboxylic acids is 3. The average Bonchev–Trinajstić information content (AvgIpc) is 3.44. The van der Waals surface area contributed by atoms with Crippen LogP contribution in [0.25, 0.3) is 0 Å². The zero-order valence-electron chi connectivity index (χ0n) is 24.6. The Hall–Kier alpha value is -3.16. The molecular formula is C32H45N5O3. The summed E-state index contributed by atoms with van der Waals surface area (Å²) in [5.41, 5.74) is 1.34. The van der Waals surface area contributed by atoms with Gasteiger partial charge in [0.05, 0.1) is 5.41 Å². The second kappa shape index (κ2) is 11.0. The Balaban J connectivity index is 1.31. The first-order valence-corrected chi connectivity index (χ1v) is 15.0. The normalized spacial score (nSPS) is 20.8. The summed E-state index contributed by atoms with van der Waals surface area (Å²) in [5.74, 6) is 0.623. The van der Waals surface area contributed by atoms with Crippen LogP contribution < -0.4 is 16.0 Å². The topological polar surface area (TPSA) is 105 Å². The molecule has 3 amide bonds. The van der Waals surface area contributed by atoms with Crippen molar-refractivity contribution in [1.29, 1.82) is 0 Å². The number of carbonyl (C=O) groups is 3. The number of rotatable bonds is 11. The molecule has 1 aromatic heterocycles. The van der Waals surface area contributed by atoms with Crippen LogP contribution in [0.15, 0.2) is 36.5 Å². The van der Waals surface area contributed by atoms with Gasteiger partial charge in [-0.25, -0.2) is 0 Å². The fourth-order valence-corrected chi connectivity index (χ4v) is 6.47. The third-order valence-corrected chi connectivity index (χ3v) is 10.1. The summed E-state index contributed by atoms with van der Waals surface area (Å²) in [5, 5.41) is 13.5. The van der Waals surface area contributed by atoms with Crippen LogP contribution >= 0.6 is 0 Å². The van der Waals surface area contributed by atoms with Crippen LogP contribution in [0.1, 0.15) is 95.1 Å². The van der Waals surface area contributed by atoms with Gasteiger partial charge in [0.15, 0.2) is 0 Å². The lowest BCUT2D eigenvalue weighted by atomic mass is 9.66. The van der Waals surface area contributed by atoms with Crippen molar-refractivity contribution >= 4 is 23.4 Å². The number of anilines is 1. The molecule has 3 atom stereocenters. The van der Waals surface area contributed by atoms with Crippen molar-refractivity contribution in [1.82, 2.24) is 20.4 Å². The third-order valence-electron chi connectivity index (χ3n) is 10.1. The van der Waals surface area contributed by atoms with E-state index >= 15 is 0 Å². The summed E-state index contributed by atoms with van der Waals surface area (Å²) >= 11 is 0. The Morgan fingerprint density at radius 2 is 1.60 bits per heavy atom. The lowest BCUT2D eigenvalue weighted by Crippen LogP contribution is -2.54. The van der Waals surface area contributed by atoms with Gasteiger partial charge in [-0.3, -0.25) is 19.1 Å². The number of nitrogens with one attached hydrogen (secondary N) is 3. The first kappa shape index (κ1) is 28.4. The highest BCUT2D eigenvalue weighted by Crippen LogP contribution is 2.58. The van der Waals surface area contributed by atoms with E-state index in [2.05, 4.69) is 34.9 Å². The van der Waals surface area contributed by atoms with Crippen molar-refractivity contribution in [2.24, 2.45) is 30.2 Å². The summed E-state index contributed by atoms with van der Waals surface area (Å²) in [6.45, 7) is 8.22. The molecule has 8 nitrogen and oxygen atoms in total. The van der Waals surface area contributed by atoms with Gasteiger partial charge in [-0.05, 0) is 93.4 Å². The third kappa shape index (κ3) is 5.68. The van der Waals surface area contributed by atoms with Gasteiger partial charge >= 0.3 is 0 Å². The highest BCUT2D eigenvalue weighted by atomic mass is 16.2. The standard InChI is InChI=1S/C32H45N5O3/c1-20(21-8-6-9-21)34-30(40)31(2,3)23-12-14-24(15-13-23)35-29(39)27(36-28(38)25-16-19-33-37(25)5)26(22-10-7-11-22)32(4)17-18-32/h12-16,19-22,26-27H,6-11,17-18H2,1-5H3,(H,34,40)(H,35,39)(H,36,38)/t20?,26?,27-/m0/s1. The van der Waals surface area contributed by atoms with Crippen molar-refractivity contribution in [2.75, 3.05) is 5.32 Å². The largest absolute Gasteiger partial charge is 0.353 e. The summed E-state index contributed by atoms with van der Waals surface area (Å²) in [6, 6.07) is 8.75. The van der Waals surface area contributed by atoms with Crippen molar-refractivity contribution in [3.8, 4) is 0 Å². The van der Waals surface area contributed by atoms with Crippen molar-refractivity contribution in [3.05, 3.63) is 47.8 Å². The van der Waals surface area contributed by atoms with Gasteiger partial charge in [-0.2, -0.15) is 5.10 Å². The zero-order chi connectivity index (χ0) is 28.7. The van der Waals surface area contributed by atoms with Crippen LogP contribution in [-0.4, -0.2) is 39.6 Å². The molecule has 2 unspecified atom stereocenters. The molecule has 2 aromatic rings. The Morgan fingerprint density at radius 3 is 2.10 bits per heavy atom. The van der Waals surface area contributed by atoms with E-state index in [-0.39, 0.29) is 35.1 Å². The van der Waals surface area contributed by atoms with Crippen LogP contribution in [0, 0.1) is 23.2 Å². The van der Waals surface area contributed by atoms with Crippen LogP contribution in [-0.2, 0) is 22.1 Å². The molecule has 3 saturated carbocycles. The predicted octanol–water partition coefficient (Wildman–Crippen LogP) is 4.96. The highest BCUT2D eigenvalue weighted by Gasteiger charge is 2.54. The second-order valence-electron chi connectivity index (χ2n) is 13.3. The van der Waals surface area contributed by atoms with E-state index in [9.17, 15) is 14.4 Å². The van der Waals surface area contributed by atoms with Crippen LogP contribution in [0.3, 0.4) is 0 Å². The first-order chi connectivity index (χ1) is 19.0. The van der Waals surface area contributed by atoms with Crippen molar-refractivity contribution < 1.29 is 14.4 Å². The maximum Gasteiger partial charge on any atom is 0.270 e. The van der Waals surface area contributed by atoms with Gasteiger partial charge in [0.25, 0.3) is 5.91 Å². The molecule has 0 aliphatic heterocycles. The Morgan fingerprint density at radius 1 is 0.975 bits per heavy atom. The fourth-order valence-electron chi connectivity index (χ4n) is 6.47. The van der Waals surface area contributed by atoms with E-state index in [1.54, 1.807) is 19.3 Å². The molecule has 3 aliphatic carbocycles. The maximum atomic E-state index is 13.9. The van der Waals surface area contributed by atoms with E-state index in [0.29, 0.717) is 23.2 Å². The lowest BCUT2D eigenvalue weighted by molar-refractivity contribution is -0.127. The van der Waals surface area contributed by atoms with Gasteiger partial charge in [0.1, 0.15) is 11.7 Å². The summed E-state index contributed by atoms with van der Waals surface area (Å²) in [7, 11) is 1.73. The Kier molecular flexibility index (Phi) is 7.81. The smallest absolute Gasteiger partial charge is 0.270 e. The number of benzene rings is 1. The molecule has 1 aromatic carbocycles. The molecule has 0 bridgehead atoms. The quantitative estimate of drug-likeness (QED) is 0.370. The van der Waals surface area contributed by atoms with E-state index in [1.807, 2.05) is 38.1 Å². The molecule has 5 rings (SSSR count). The molecule has 3 aliphatic rings. The molecule has 3 N–H and O–H groups in total. The Labute approximate surface area is 238 Å². The van der Waals surface area contributed by atoms with Gasteiger partial charge in [-0.15, -0.1) is 0 Å². The molecule has 0 radical (unpaired) electrons. The minimum atomic E-state index is -0.698. The number of amides is 3. The minimum absolute atomic E-state index is 0.0163. The molecule has 3 fully saturated rings. The molecule has 1 heterocycles. The SMILES string of the molecule is CC(NC(=O)C(C)(C)c1ccc(NC(=O)[C@@H](NC(=O)c2ccnn2C)C(C2CCC2)C2(C)CC2)cc1)C1CCC1. The summed E-state index contributed by atoms with van der Waals surface area (Å²) in [4.78, 5) is 40.2. The Bertz CT molecular complexity index is 1240. The van der Waals surface area contributed by atoms with Crippen LogP contribution in [0.2, 0.25) is 0 Å². The number of aromatic nitrogens is 2. The van der Waals surface area contributed by atoms with Crippen molar-refractivity contribution in [3.63, 3.8) is 0 Å². The van der Waals surface area contributed by atoms with Gasteiger partial charge in [0.2, 0.25) is 11.8 Å². The van der Waals surface area contributed by atoms with E-state index in [4.69, 9.17) is 0 Å². The van der Waals surface area contributed by atoms with E-state index in [1.165, 1.54) is 30.4 Å². The van der Waals surface area contributed by atoms with Gasteiger partial charge in [-0.1, -0.05) is 44.7 Å². The number of hydrogen-bond acceptors (Lipinski definition) is 4. The minimum Gasteiger partial charge on any atom is -0.353 e. The van der Waals surface area contributed by atoms with E-state index < -0.39 is 11.5 Å². The molecule has 0 saturated heterocycles.